The highest BCUT2D eigenvalue weighted by Crippen LogP contribution is 2.33. The minimum Gasteiger partial charge on any atom is -0.490 e. The quantitative estimate of drug-likeness (QED) is 0.0419. The summed E-state index contributed by atoms with van der Waals surface area (Å²) in [5.74, 6) is -1.67. The van der Waals surface area contributed by atoms with Gasteiger partial charge in [0.2, 0.25) is 11.8 Å². The molecule has 0 radical (unpaired) electrons. The molecule has 2 aliphatic rings. The maximum atomic E-state index is 13.3. The summed E-state index contributed by atoms with van der Waals surface area (Å²) in [5, 5.41) is 10.1. The number of rotatable bonds is 42. The van der Waals surface area contributed by atoms with Crippen LogP contribution in [0.1, 0.15) is 44.0 Å². The minimum atomic E-state index is -1.01. The Kier molecular flexibility index (Phi) is 26.8. The van der Waals surface area contributed by atoms with E-state index in [1.807, 2.05) is 0 Å². The van der Waals surface area contributed by atoms with Crippen molar-refractivity contribution in [1.29, 1.82) is 0 Å². The Morgan fingerprint density at radius 3 is 1.69 bits per heavy atom. The number of pyridine rings is 1. The number of amides is 5. The van der Waals surface area contributed by atoms with Crippen LogP contribution in [0.5, 0.6) is 5.75 Å². The fourth-order valence-electron chi connectivity index (χ4n) is 8.17. The van der Waals surface area contributed by atoms with E-state index >= 15 is 0 Å². The molecule has 1 unspecified atom stereocenters. The molecule has 5 aromatic rings. The van der Waals surface area contributed by atoms with Gasteiger partial charge in [0.05, 0.1) is 163 Å². The van der Waals surface area contributed by atoms with Gasteiger partial charge in [-0.25, -0.2) is 14.6 Å². The molecule has 2 aromatic carbocycles. The minimum absolute atomic E-state index is 0.0805. The van der Waals surface area contributed by atoms with Crippen molar-refractivity contribution in [3.05, 3.63) is 94.0 Å². The van der Waals surface area contributed by atoms with Crippen LogP contribution >= 0.6 is 0 Å². The molecule has 0 spiro atoms. The summed E-state index contributed by atoms with van der Waals surface area (Å²) in [6.45, 7) is 9.82. The Bertz CT molecular complexity index is 2910. The molecule has 450 valence electrons. The zero-order chi connectivity index (χ0) is 58.4. The van der Waals surface area contributed by atoms with Crippen molar-refractivity contribution in [2.45, 2.75) is 18.9 Å². The normalized spacial score (nSPS) is 14.3. The molecule has 27 nitrogen and oxygen atoms in total. The van der Waals surface area contributed by atoms with Gasteiger partial charge in [-0.3, -0.25) is 38.6 Å². The number of benzene rings is 2. The van der Waals surface area contributed by atoms with E-state index in [0.29, 0.717) is 192 Å². The van der Waals surface area contributed by atoms with Crippen LogP contribution in [-0.2, 0) is 68.7 Å². The molecule has 1 fully saturated rings. The average Bonchev–Trinajstić information content (AvgIpc) is 3.27. The van der Waals surface area contributed by atoms with Crippen LogP contribution in [0.4, 0.5) is 11.4 Å². The number of carbonyl (C=O) groups excluding carboxylic acids is 5. The summed E-state index contributed by atoms with van der Waals surface area (Å²) in [4.78, 5) is 86.2. The second-order valence-electron chi connectivity index (χ2n) is 18.3. The predicted molar refractivity (Wildman–Crippen MR) is 295 cm³/mol. The van der Waals surface area contributed by atoms with Gasteiger partial charge in [0.1, 0.15) is 35.3 Å². The summed E-state index contributed by atoms with van der Waals surface area (Å²) in [6, 6.07) is 15.1. The fraction of sp³-hybridized carbons (Fsp3) is 0.518. The number of aromatic nitrogens is 4. The number of likely N-dealkylation sites (N-methyl/N-ethyl adjacent to an activating group) is 1. The maximum absolute atomic E-state index is 13.3. The van der Waals surface area contributed by atoms with Crippen molar-refractivity contribution in [3.63, 3.8) is 0 Å². The molecule has 27 heteroatoms. The lowest BCUT2D eigenvalue weighted by atomic mass is 10.0. The number of anilines is 2. The molecule has 1 saturated heterocycles. The molecule has 0 aliphatic carbocycles. The van der Waals surface area contributed by atoms with Crippen LogP contribution in [0.2, 0.25) is 0 Å². The lowest BCUT2D eigenvalue weighted by Crippen LogP contribution is -2.54. The van der Waals surface area contributed by atoms with Crippen LogP contribution in [0.25, 0.3) is 22.7 Å². The second kappa shape index (κ2) is 35.1. The third-order valence-electron chi connectivity index (χ3n) is 12.5. The predicted octanol–water partition coefficient (Wildman–Crippen LogP) is 2.65. The van der Waals surface area contributed by atoms with Crippen LogP contribution in [0.3, 0.4) is 0 Å². The van der Waals surface area contributed by atoms with Crippen LogP contribution in [-0.4, -0.2) is 231 Å². The third-order valence-corrected chi connectivity index (χ3v) is 12.5. The highest BCUT2D eigenvalue weighted by atomic mass is 16.6. The zero-order valence-electron chi connectivity index (χ0n) is 46.8. The smallest absolute Gasteiger partial charge is 0.274 e. The standard InChI is InChI=1S/C56H72N8O19/c1-62-49(65)13-10-47(55(62)69)64-54(68)42-4-3-5-43(51(42)56(64)70)57-14-15-71-16-17-72-18-19-73-20-21-74-22-23-75-24-25-76-26-27-77-28-29-78-30-31-79-32-33-80-34-35-81-36-37-82-41-7-8-44(58-39-41)52(67)59-40-6-11-48-46(38-40)60-53(83-48)45-9-12-50(66)63(2)61-45/h3-9,11-12,38-39,47,57H,10,13-37H2,1-2H3,(H,59,67). The van der Waals surface area contributed by atoms with E-state index in [9.17, 15) is 28.8 Å². The molecule has 5 heterocycles. The maximum Gasteiger partial charge on any atom is 0.274 e. The number of nitrogens with one attached hydrogen (secondary N) is 2. The van der Waals surface area contributed by atoms with Crippen LogP contribution < -0.4 is 20.9 Å². The second-order valence-corrected chi connectivity index (χ2v) is 18.3. The first-order valence-corrected chi connectivity index (χ1v) is 27.3. The van der Waals surface area contributed by atoms with Crippen molar-refractivity contribution in [2.24, 2.45) is 7.05 Å². The lowest BCUT2D eigenvalue weighted by molar-refractivity contribution is -0.149. The first-order valence-electron chi connectivity index (χ1n) is 27.3. The molecule has 3 aromatic heterocycles. The van der Waals surface area contributed by atoms with Gasteiger partial charge in [0.25, 0.3) is 29.2 Å². The van der Waals surface area contributed by atoms with E-state index in [2.05, 4.69) is 25.7 Å². The molecule has 0 saturated carbocycles. The highest BCUT2D eigenvalue weighted by Gasteiger charge is 2.47. The van der Waals surface area contributed by atoms with Gasteiger partial charge in [0, 0.05) is 44.5 Å². The molecule has 2 N–H and O–H groups in total. The lowest BCUT2D eigenvalue weighted by Gasteiger charge is -2.32. The van der Waals surface area contributed by atoms with Gasteiger partial charge in [0.15, 0.2) is 5.58 Å². The highest BCUT2D eigenvalue weighted by molar-refractivity contribution is 6.25. The summed E-state index contributed by atoms with van der Waals surface area (Å²) >= 11 is 0. The molecule has 83 heavy (non-hydrogen) atoms. The van der Waals surface area contributed by atoms with E-state index < -0.39 is 29.7 Å². The van der Waals surface area contributed by atoms with Gasteiger partial charge in [-0.15, -0.1) is 0 Å². The van der Waals surface area contributed by atoms with Crippen molar-refractivity contribution >= 4 is 52.0 Å². The van der Waals surface area contributed by atoms with Crippen molar-refractivity contribution < 1.29 is 85.2 Å². The van der Waals surface area contributed by atoms with Crippen molar-refractivity contribution in [3.8, 4) is 17.3 Å². The summed E-state index contributed by atoms with van der Waals surface area (Å²) in [7, 11) is 2.90. The number of aryl methyl sites for hydroxylation is 1. The van der Waals surface area contributed by atoms with Crippen molar-refractivity contribution in [2.75, 3.05) is 176 Å². The molecule has 0 bridgehead atoms. The Hall–Kier alpha value is -7.15. The Balaban J connectivity index is 0.554. The van der Waals surface area contributed by atoms with Crippen LogP contribution in [0.15, 0.2) is 76.1 Å². The first kappa shape index (κ1) is 63.4. The van der Waals surface area contributed by atoms with Gasteiger partial charge in [-0.1, -0.05) is 6.07 Å². The Morgan fingerprint density at radius 2 is 1.16 bits per heavy atom. The average molecular weight is 1160 g/mol. The van der Waals surface area contributed by atoms with Gasteiger partial charge in [-0.2, -0.15) is 5.10 Å². The van der Waals surface area contributed by atoms with E-state index in [-0.39, 0.29) is 47.0 Å². The Morgan fingerprint density at radius 1 is 0.614 bits per heavy atom. The van der Waals surface area contributed by atoms with Crippen LogP contribution in [0, 0.1) is 0 Å². The van der Waals surface area contributed by atoms with E-state index in [1.54, 1.807) is 55.6 Å². The topological polar surface area (TPSA) is 300 Å². The van der Waals surface area contributed by atoms with Gasteiger partial charge >= 0.3 is 0 Å². The number of likely N-dealkylation sites (tertiary alicyclic amines) is 1. The number of fused-ring (bicyclic) bond motifs is 2. The molecular formula is C56H72N8O19. The Labute approximate surface area is 478 Å². The number of hydrogen-bond donors (Lipinski definition) is 2. The molecule has 1 atom stereocenters. The molecular weight excluding hydrogens is 1090 g/mol. The molecule has 2 aliphatic heterocycles. The van der Waals surface area contributed by atoms with E-state index in [1.165, 1.54) is 30.1 Å². The number of imide groups is 2. The SMILES string of the molecule is CN1C(=O)CCC(N2C(=O)c3cccc(NCCOCCOCCOCCOCCOCCOCCOCCOCCOCCOCCOCCOc4ccc(C(=O)Nc5ccc6oc(-c7ccc(=O)n(C)n7)nc6c5)nc4)c3C2=O)C1=O. The summed E-state index contributed by atoms with van der Waals surface area (Å²) in [5.41, 5.74) is 2.77. The monoisotopic (exact) mass is 1160 g/mol. The third kappa shape index (κ3) is 20.3. The summed E-state index contributed by atoms with van der Waals surface area (Å²) < 4.78 is 73.6. The number of carbonyl (C=O) groups is 5. The zero-order valence-corrected chi connectivity index (χ0v) is 46.8. The molecule has 7 rings (SSSR count). The largest absolute Gasteiger partial charge is 0.490 e. The first-order chi connectivity index (χ1) is 40.6. The number of nitrogens with zero attached hydrogens (tertiary/aromatic N) is 6. The number of piperidine rings is 1. The fourth-order valence-corrected chi connectivity index (χ4v) is 8.17. The number of ether oxygens (including phenoxy) is 12. The van der Waals surface area contributed by atoms with Crippen molar-refractivity contribution in [1.82, 2.24) is 29.5 Å². The summed E-state index contributed by atoms with van der Waals surface area (Å²) in [6.07, 6.45) is 1.66. The van der Waals surface area contributed by atoms with E-state index in [4.69, 9.17) is 61.3 Å². The molecule has 5 amide bonds. The van der Waals surface area contributed by atoms with Gasteiger partial charge in [-0.05, 0) is 55.0 Å². The van der Waals surface area contributed by atoms with Gasteiger partial charge < -0.3 is 71.9 Å². The number of oxazole rings is 1. The number of hydrogen-bond acceptors (Lipinski definition) is 23. The van der Waals surface area contributed by atoms with E-state index in [0.717, 1.165) is 9.80 Å².